The second-order valence-corrected chi connectivity index (χ2v) is 6.87. The lowest BCUT2D eigenvalue weighted by atomic mass is 9.84. The van der Waals surface area contributed by atoms with Gasteiger partial charge in [0.1, 0.15) is 12.6 Å². The lowest BCUT2D eigenvalue weighted by molar-refractivity contribution is -0.649. The lowest BCUT2D eigenvalue weighted by Gasteiger charge is -2.22. The van der Waals surface area contributed by atoms with Crippen LogP contribution in [-0.4, -0.2) is 31.7 Å². The van der Waals surface area contributed by atoms with Crippen LogP contribution in [0.5, 0.6) is 0 Å². The van der Waals surface area contributed by atoms with Crippen LogP contribution < -0.4 is 10.6 Å². The summed E-state index contributed by atoms with van der Waals surface area (Å²) in [7, 11) is 0. The molecule has 1 saturated carbocycles. The van der Waals surface area contributed by atoms with Crippen LogP contribution in [0.4, 0.5) is 5.69 Å². The highest BCUT2D eigenvalue weighted by Gasteiger charge is 2.18. The molecule has 1 heterocycles. The number of nitrogens with one attached hydrogen (secondary N) is 1. The van der Waals surface area contributed by atoms with E-state index in [4.69, 9.17) is 4.74 Å². The smallest absolute Gasteiger partial charge is 0.279 e. The fourth-order valence-corrected chi connectivity index (χ4v) is 3.72. The Kier molecular flexibility index (Phi) is 6.06. The maximum absolute atomic E-state index is 12.0. The van der Waals surface area contributed by atoms with Gasteiger partial charge in [-0.2, -0.15) is 0 Å². The first kappa shape index (κ1) is 16.5. The molecule has 4 heteroatoms. The maximum Gasteiger partial charge on any atom is 0.279 e. The van der Waals surface area contributed by atoms with Gasteiger partial charge in [0.15, 0.2) is 6.54 Å². The van der Waals surface area contributed by atoms with Gasteiger partial charge in [0.2, 0.25) is 0 Å². The Morgan fingerprint density at radius 2 is 1.87 bits per heavy atom. The molecule has 1 aliphatic heterocycles. The van der Waals surface area contributed by atoms with Gasteiger partial charge in [-0.05, 0) is 49.3 Å². The molecule has 1 aliphatic carbocycles. The first-order chi connectivity index (χ1) is 11.3. The molecule has 3 rings (SSSR count). The Morgan fingerprint density at radius 3 is 2.57 bits per heavy atom. The van der Waals surface area contributed by atoms with Gasteiger partial charge >= 0.3 is 0 Å². The van der Waals surface area contributed by atoms with Crippen LogP contribution in [0.15, 0.2) is 24.3 Å². The zero-order chi connectivity index (χ0) is 15.9. The number of ether oxygens (including phenoxy) is 1. The molecule has 1 saturated heterocycles. The second-order valence-electron chi connectivity index (χ2n) is 6.87. The van der Waals surface area contributed by atoms with E-state index in [-0.39, 0.29) is 5.91 Å². The summed E-state index contributed by atoms with van der Waals surface area (Å²) in [5.74, 6) is 0.779. The molecule has 0 radical (unpaired) electrons. The standard InChI is InChI=1S/C19H28N2O2/c22-19(14-20-13-18-7-4-12-23-18)21-17-10-8-16(9-11-17)15-5-2-1-3-6-15/h8-11,15,18,20H,1-7,12-14H2,(H,21,22)/p+1/t18-/m0/s1. The highest BCUT2D eigenvalue weighted by molar-refractivity contribution is 5.91. The number of hydrogen-bond acceptors (Lipinski definition) is 2. The highest BCUT2D eigenvalue weighted by Crippen LogP contribution is 2.32. The highest BCUT2D eigenvalue weighted by atomic mass is 16.5. The van der Waals surface area contributed by atoms with Crippen molar-refractivity contribution in [2.45, 2.75) is 57.0 Å². The zero-order valence-electron chi connectivity index (χ0n) is 13.9. The fraction of sp³-hybridized carbons (Fsp3) is 0.632. The van der Waals surface area contributed by atoms with Crippen LogP contribution in [0.2, 0.25) is 0 Å². The number of amides is 1. The van der Waals surface area contributed by atoms with E-state index in [0.29, 0.717) is 18.6 Å². The van der Waals surface area contributed by atoms with Gasteiger partial charge in [0.25, 0.3) is 5.91 Å². The Morgan fingerprint density at radius 1 is 1.09 bits per heavy atom. The molecule has 0 bridgehead atoms. The topological polar surface area (TPSA) is 54.9 Å². The van der Waals surface area contributed by atoms with Gasteiger partial charge in [0, 0.05) is 12.3 Å². The van der Waals surface area contributed by atoms with Crippen molar-refractivity contribution in [1.29, 1.82) is 0 Å². The van der Waals surface area contributed by atoms with Crippen LogP contribution in [0.25, 0.3) is 0 Å². The van der Waals surface area contributed by atoms with E-state index in [1.165, 1.54) is 37.7 Å². The summed E-state index contributed by atoms with van der Waals surface area (Å²) in [5.41, 5.74) is 2.33. The summed E-state index contributed by atoms with van der Waals surface area (Å²) in [6, 6.07) is 8.45. The molecule has 1 aromatic carbocycles. The average Bonchev–Trinajstić information content (AvgIpc) is 3.10. The minimum absolute atomic E-state index is 0.0633. The summed E-state index contributed by atoms with van der Waals surface area (Å²) in [4.78, 5) is 12.0. The molecule has 1 amide bonds. The maximum atomic E-state index is 12.0. The molecular weight excluding hydrogens is 288 g/mol. The first-order valence-corrected chi connectivity index (χ1v) is 9.14. The fourth-order valence-electron chi connectivity index (χ4n) is 3.72. The normalized spacial score (nSPS) is 22.2. The van der Waals surface area contributed by atoms with Crippen molar-refractivity contribution in [3.05, 3.63) is 29.8 Å². The first-order valence-electron chi connectivity index (χ1n) is 9.14. The number of quaternary nitrogens is 1. The van der Waals surface area contributed by atoms with Gasteiger partial charge in [-0.1, -0.05) is 31.4 Å². The van der Waals surface area contributed by atoms with Gasteiger partial charge in [0.05, 0.1) is 0 Å². The molecule has 1 atom stereocenters. The van der Waals surface area contributed by atoms with Gasteiger partial charge in [-0.25, -0.2) is 0 Å². The molecule has 0 aromatic heterocycles. The summed E-state index contributed by atoms with van der Waals surface area (Å²) in [6.45, 7) is 2.22. The Labute approximate surface area is 139 Å². The largest absolute Gasteiger partial charge is 0.372 e. The van der Waals surface area contributed by atoms with Crippen LogP contribution in [0.3, 0.4) is 0 Å². The summed E-state index contributed by atoms with van der Waals surface area (Å²) in [5, 5.41) is 5.03. The van der Waals surface area contributed by atoms with Crippen molar-refractivity contribution < 1.29 is 14.8 Å². The summed E-state index contributed by atoms with van der Waals surface area (Å²) < 4.78 is 5.56. The average molecular weight is 317 g/mol. The molecule has 0 spiro atoms. The quantitative estimate of drug-likeness (QED) is 0.846. The molecule has 23 heavy (non-hydrogen) atoms. The van der Waals surface area contributed by atoms with Crippen LogP contribution >= 0.6 is 0 Å². The van der Waals surface area contributed by atoms with Crippen molar-refractivity contribution in [3.63, 3.8) is 0 Å². The third kappa shape index (κ3) is 5.05. The van der Waals surface area contributed by atoms with Crippen molar-refractivity contribution in [1.82, 2.24) is 0 Å². The predicted octanol–water partition coefficient (Wildman–Crippen LogP) is 2.42. The summed E-state index contributed by atoms with van der Waals surface area (Å²) in [6.07, 6.45) is 9.31. The number of benzene rings is 1. The molecule has 4 nitrogen and oxygen atoms in total. The predicted molar refractivity (Wildman–Crippen MR) is 91.5 cm³/mol. The Hall–Kier alpha value is -1.39. The molecule has 0 unspecified atom stereocenters. The number of nitrogens with two attached hydrogens (primary N) is 1. The molecule has 1 aromatic rings. The molecular formula is C19H29N2O2+. The lowest BCUT2D eigenvalue weighted by Crippen LogP contribution is -2.88. The molecule has 126 valence electrons. The van der Waals surface area contributed by atoms with Crippen LogP contribution in [0, 0.1) is 0 Å². The minimum atomic E-state index is 0.0633. The third-order valence-corrected chi connectivity index (χ3v) is 5.05. The zero-order valence-corrected chi connectivity index (χ0v) is 13.9. The van der Waals surface area contributed by atoms with E-state index >= 15 is 0 Å². The van der Waals surface area contributed by atoms with Crippen LogP contribution in [0.1, 0.15) is 56.4 Å². The van der Waals surface area contributed by atoms with E-state index in [9.17, 15) is 4.79 Å². The number of carbonyl (C=O) groups is 1. The second kappa shape index (κ2) is 8.46. The monoisotopic (exact) mass is 317 g/mol. The number of anilines is 1. The van der Waals surface area contributed by atoms with E-state index in [0.717, 1.165) is 31.7 Å². The Balaban J connectivity index is 1.41. The van der Waals surface area contributed by atoms with Gasteiger partial charge in [-0.3, -0.25) is 4.79 Å². The van der Waals surface area contributed by atoms with Crippen molar-refractivity contribution >= 4 is 11.6 Å². The number of carbonyl (C=O) groups excluding carboxylic acids is 1. The summed E-state index contributed by atoms with van der Waals surface area (Å²) >= 11 is 0. The minimum Gasteiger partial charge on any atom is -0.372 e. The van der Waals surface area contributed by atoms with Crippen molar-refractivity contribution in [2.24, 2.45) is 0 Å². The van der Waals surface area contributed by atoms with Gasteiger partial charge in [-0.15, -0.1) is 0 Å². The Bertz CT molecular complexity index is 489. The SMILES string of the molecule is O=C(C[NH2+]C[C@@H]1CCCO1)Nc1ccc(C2CCCCC2)cc1. The molecule has 2 aliphatic rings. The van der Waals surface area contributed by atoms with E-state index in [1.54, 1.807) is 0 Å². The van der Waals surface area contributed by atoms with Crippen LogP contribution in [-0.2, 0) is 9.53 Å². The third-order valence-electron chi connectivity index (χ3n) is 5.05. The van der Waals surface area contributed by atoms with E-state index in [1.807, 2.05) is 17.4 Å². The van der Waals surface area contributed by atoms with Gasteiger partial charge < -0.3 is 15.4 Å². The number of rotatable bonds is 6. The molecule has 3 N–H and O–H groups in total. The van der Waals surface area contributed by atoms with E-state index < -0.39 is 0 Å². The molecule has 2 fully saturated rings. The van der Waals surface area contributed by atoms with E-state index in [2.05, 4.69) is 17.4 Å². The van der Waals surface area contributed by atoms with Crippen molar-refractivity contribution in [2.75, 3.05) is 25.0 Å². The van der Waals surface area contributed by atoms with Crippen molar-refractivity contribution in [3.8, 4) is 0 Å². The number of hydrogen-bond donors (Lipinski definition) is 2.